The Kier molecular flexibility index (Phi) is 6.79. The molecule has 2 heterocycles. The second-order valence-electron chi connectivity index (χ2n) is 7.39. The van der Waals surface area contributed by atoms with Crippen molar-refractivity contribution in [1.29, 1.82) is 0 Å². The van der Waals surface area contributed by atoms with Crippen molar-refractivity contribution >= 4 is 29.7 Å². The maximum Gasteiger partial charge on any atom is 0.293 e. The standard InChI is InChI=1S/C22H22N8O2S/c1-14(2)16-10-8-15(9-11-16)12-24-26-22(31)19-18(13-33-17-6-4-3-5-7-17)30(29-25-19)21-20(23)27-32-28-21/h3-12,14H,13H2,1-2H3,(H2,23,27)(H,26,31)/b24-12+. The molecule has 4 rings (SSSR count). The van der Waals surface area contributed by atoms with E-state index in [4.69, 9.17) is 5.73 Å². The van der Waals surface area contributed by atoms with Gasteiger partial charge in [-0.15, -0.1) is 16.9 Å². The average molecular weight is 463 g/mol. The van der Waals surface area contributed by atoms with Gasteiger partial charge in [-0.2, -0.15) is 9.78 Å². The lowest BCUT2D eigenvalue weighted by Crippen LogP contribution is -2.20. The molecule has 10 nitrogen and oxygen atoms in total. The lowest BCUT2D eigenvalue weighted by Gasteiger charge is -2.06. The molecule has 33 heavy (non-hydrogen) atoms. The Morgan fingerprint density at radius 1 is 1.18 bits per heavy atom. The topological polar surface area (TPSA) is 137 Å². The van der Waals surface area contributed by atoms with Crippen LogP contribution in [-0.2, 0) is 5.75 Å². The molecule has 0 radical (unpaired) electrons. The van der Waals surface area contributed by atoms with Crippen LogP contribution in [0.15, 0.2) is 69.2 Å². The fraction of sp³-hybridized carbons (Fsp3) is 0.182. The van der Waals surface area contributed by atoms with Crippen LogP contribution < -0.4 is 11.2 Å². The van der Waals surface area contributed by atoms with Crippen molar-refractivity contribution in [1.82, 2.24) is 30.7 Å². The molecule has 0 aliphatic heterocycles. The smallest absolute Gasteiger partial charge is 0.293 e. The molecule has 0 fully saturated rings. The Bertz CT molecular complexity index is 1250. The number of benzene rings is 2. The normalized spacial score (nSPS) is 11.4. The molecule has 0 atom stereocenters. The first-order valence-electron chi connectivity index (χ1n) is 10.2. The highest BCUT2D eigenvalue weighted by Crippen LogP contribution is 2.25. The SMILES string of the molecule is CC(C)c1ccc(/C=N/NC(=O)c2nnn(-c3nonc3N)c2CSc2ccccc2)cc1. The monoisotopic (exact) mass is 462 g/mol. The van der Waals surface area contributed by atoms with E-state index in [0.29, 0.717) is 17.4 Å². The number of nitrogen functional groups attached to an aromatic ring is 1. The first kappa shape index (κ1) is 22.2. The van der Waals surface area contributed by atoms with Crippen LogP contribution in [0.5, 0.6) is 0 Å². The minimum absolute atomic E-state index is 0.0423. The number of nitrogens with one attached hydrogen (secondary N) is 1. The minimum atomic E-state index is -0.505. The molecule has 0 saturated carbocycles. The van der Waals surface area contributed by atoms with Gasteiger partial charge in [-0.05, 0) is 39.5 Å². The number of anilines is 1. The number of hydrogen-bond donors (Lipinski definition) is 2. The van der Waals surface area contributed by atoms with Gasteiger partial charge in [0.2, 0.25) is 11.6 Å². The van der Waals surface area contributed by atoms with E-state index in [0.717, 1.165) is 10.5 Å². The first-order valence-corrected chi connectivity index (χ1v) is 11.2. The van der Waals surface area contributed by atoms with Crippen molar-refractivity contribution in [2.75, 3.05) is 5.73 Å². The van der Waals surface area contributed by atoms with Crippen molar-refractivity contribution in [3.63, 3.8) is 0 Å². The number of thioether (sulfide) groups is 1. The molecule has 2 aromatic carbocycles. The summed E-state index contributed by atoms with van der Waals surface area (Å²) in [5, 5.41) is 19.5. The fourth-order valence-electron chi connectivity index (χ4n) is 2.97. The van der Waals surface area contributed by atoms with Crippen LogP contribution in [0.3, 0.4) is 0 Å². The first-order chi connectivity index (χ1) is 16.0. The number of nitrogens with two attached hydrogens (primary N) is 1. The molecule has 0 spiro atoms. The van der Waals surface area contributed by atoms with E-state index < -0.39 is 5.91 Å². The van der Waals surface area contributed by atoms with Crippen molar-refractivity contribution in [3.8, 4) is 5.82 Å². The predicted octanol–water partition coefficient (Wildman–Crippen LogP) is 3.41. The lowest BCUT2D eigenvalue weighted by molar-refractivity contribution is 0.0949. The zero-order valence-corrected chi connectivity index (χ0v) is 18.9. The summed E-state index contributed by atoms with van der Waals surface area (Å²) < 4.78 is 6.03. The Balaban J connectivity index is 1.53. The second-order valence-corrected chi connectivity index (χ2v) is 8.44. The van der Waals surface area contributed by atoms with Gasteiger partial charge < -0.3 is 5.73 Å². The number of hydrazone groups is 1. The molecular weight excluding hydrogens is 440 g/mol. The number of aromatic nitrogens is 5. The van der Waals surface area contributed by atoms with Crippen molar-refractivity contribution in [2.24, 2.45) is 5.10 Å². The van der Waals surface area contributed by atoms with Crippen LogP contribution >= 0.6 is 11.8 Å². The third-order valence-electron chi connectivity index (χ3n) is 4.78. The molecule has 1 amide bonds. The summed E-state index contributed by atoms with van der Waals surface area (Å²) in [5.41, 5.74) is 11.0. The molecule has 0 bridgehead atoms. The van der Waals surface area contributed by atoms with Crippen LogP contribution in [0.4, 0.5) is 5.82 Å². The van der Waals surface area contributed by atoms with Crippen molar-refractivity contribution in [2.45, 2.75) is 30.4 Å². The second kappa shape index (κ2) is 10.1. The van der Waals surface area contributed by atoms with E-state index in [1.807, 2.05) is 54.6 Å². The summed E-state index contributed by atoms with van der Waals surface area (Å²) in [5.74, 6) is 0.529. The molecule has 4 aromatic rings. The number of hydrogen-bond acceptors (Lipinski definition) is 9. The minimum Gasteiger partial charge on any atom is -0.378 e. The van der Waals surface area contributed by atoms with E-state index in [1.54, 1.807) is 6.21 Å². The van der Waals surface area contributed by atoms with E-state index in [-0.39, 0.29) is 17.3 Å². The number of carbonyl (C=O) groups is 1. The third kappa shape index (κ3) is 5.26. The summed E-state index contributed by atoms with van der Waals surface area (Å²) in [6, 6.07) is 17.7. The van der Waals surface area contributed by atoms with E-state index >= 15 is 0 Å². The van der Waals surface area contributed by atoms with Gasteiger partial charge in [0.1, 0.15) is 0 Å². The van der Waals surface area contributed by atoms with Crippen LogP contribution in [0, 0.1) is 0 Å². The van der Waals surface area contributed by atoms with E-state index in [1.165, 1.54) is 22.0 Å². The third-order valence-corrected chi connectivity index (χ3v) is 5.80. The molecule has 0 saturated heterocycles. The van der Waals surface area contributed by atoms with Gasteiger partial charge in [0.25, 0.3) is 5.91 Å². The molecule has 0 aliphatic carbocycles. The zero-order chi connectivity index (χ0) is 23.2. The molecule has 11 heteroatoms. The molecule has 2 aromatic heterocycles. The summed E-state index contributed by atoms with van der Waals surface area (Å²) in [6.45, 7) is 4.26. The maximum atomic E-state index is 12.8. The molecule has 3 N–H and O–H groups in total. The number of amides is 1. The molecule has 0 unspecified atom stereocenters. The highest BCUT2D eigenvalue weighted by atomic mass is 32.2. The maximum absolute atomic E-state index is 12.8. The highest BCUT2D eigenvalue weighted by molar-refractivity contribution is 7.98. The molecular formula is C22H22N8O2S. The number of rotatable bonds is 8. The Labute approximate surface area is 194 Å². The van der Waals surface area contributed by atoms with Gasteiger partial charge >= 0.3 is 0 Å². The quantitative estimate of drug-likeness (QED) is 0.231. The van der Waals surface area contributed by atoms with Gasteiger partial charge in [0.15, 0.2) is 5.69 Å². The molecule has 0 aliphatic rings. The van der Waals surface area contributed by atoms with Gasteiger partial charge in [-0.3, -0.25) is 4.79 Å². The number of carbonyl (C=O) groups excluding carboxylic acids is 1. The Morgan fingerprint density at radius 2 is 1.94 bits per heavy atom. The van der Waals surface area contributed by atoms with E-state index in [2.05, 4.69) is 49.6 Å². The predicted molar refractivity (Wildman–Crippen MR) is 125 cm³/mol. The Hall–Kier alpha value is -3.99. The Morgan fingerprint density at radius 3 is 2.61 bits per heavy atom. The molecule has 168 valence electrons. The van der Waals surface area contributed by atoms with Gasteiger partial charge in [-0.25, -0.2) is 10.1 Å². The van der Waals surface area contributed by atoms with Crippen molar-refractivity contribution < 1.29 is 9.42 Å². The number of nitrogens with zero attached hydrogens (tertiary/aromatic N) is 6. The lowest BCUT2D eigenvalue weighted by atomic mass is 10.0. The van der Waals surface area contributed by atoms with Gasteiger partial charge in [0, 0.05) is 10.6 Å². The highest BCUT2D eigenvalue weighted by Gasteiger charge is 2.24. The summed E-state index contributed by atoms with van der Waals surface area (Å²) in [4.78, 5) is 13.9. The summed E-state index contributed by atoms with van der Waals surface area (Å²) in [7, 11) is 0. The van der Waals surface area contributed by atoms with E-state index in [9.17, 15) is 4.79 Å². The fourth-order valence-corrected chi connectivity index (χ4v) is 3.88. The summed E-state index contributed by atoms with van der Waals surface area (Å²) in [6.07, 6.45) is 1.57. The largest absolute Gasteiger partial charge is 0.378 e. The summed E-state index contributed by atoms with van der Waals surface area (Å²) >= 11 is 1.51. The average Bonchev–Trinajstić information content (AvgIpc) is 3.44. The van der Waals surface area contributed by atoms with Gasteiger partial charge in [-0.1, -0.05) is 61.5 Å². The van der Waals surface area contributed by atoms with Crippen LogP contribution in [-0.4, -0.2) is 37.4 Å². The van der Waals surface area contributed by atoms with Crippen LogP contribution in [0.1, 0.15) is 47.1 Å². The van der Waals surface area contributed by atoms with Crippen molar-refractivity contribution in [3.05, 3.63) is 77.1 Å². The zero-order valence-electron chi connectivity index (χ0n) is 18.0. The van der Waals surface area contributed by atoms with Crippen LogP contribution in [0.25, 0.3) is 5.82 Å². The van der Waals surface area contributed by atoms with Crippen LogP contribution in [0.2, 0.25) is 0 Å². The van der Waals surface area contributed by atoms with Gasteiger partial charge in [0.05, 0.1) is 11.9 Å².